The van der Waals surface area contributed by atoms with E-state index in [4.69, 9.17) is 4.43 Å². The molecule has 0 N–H and O–H groups in total. The van der Waals surface area contributed by atoms with Gasteiger partial charge in [-0.2, -0.15) is 0 Å². The molecule has 3 aromatic rings. The number of para-hydroxylation sites is 1. The number of rotatable bonds is 4. The predicted molar refractivity (Wildman–Crippen MR) is 112 cm³/mol. The molecule has 0 aliphatic rings. The molecule has 0 heterocycles. The molecule has 1 atom stereocenters. The Bertz CT molecular complexity index is 827. The minimum atomic E-state index is -2.58. The summed E-state index contributed by atoms with van der Waals surface area (Å²) in [5.74, 6) is 0.920. The van der Waals surface area contributed by atoms with E-state index in [9.17, 15) is 0 Å². The van der Waals surface area contributed by atoms with Crippen molar-refractivity contribution in [2.75, 3.05) is 0 Å². The maximum absolute atomic E-state index is 6.93. The molecule has 0 aromatic heterocycles. The Balaban J connectivity index is 2.31. The maximum Gasteiger partial charge on any atom is 0.321 e. The van der Waals surface area contributed by atoms with E-state index >= 15 is 0 Å². The van der Waals surface area contributed by atoms with Crippen molar-refractivity contribution < 1.29 is 4.43 Å². The summed E-state index contributed by atoms with van der Waals surface area (Å²) in [6, 6.07) is 29.3. The van der Waals surface area contributed by atoms with Crippen LogP contribution in [-0.4, -0.2) is 8.32 Å². The van der Waals surface area contributed by atoms with Crippen molar-refractivity contribution in [3.05, 3.63) is 89.4 Å². The van der Waals surface area contributed by atoms with Gasteiger partial charge in [-0.1, -0.05) is 103 Å². The monoisotopic (exact) mass is 410 g/mol. The number of hydrogen-bond acceptors (Lipinski definition) is 1. The van der Waals surface area contributed by atoms with Gasteiger partial charge in [0.1, 0.15) is 5.75 Å². The Kier molecular flexibility index (Phi) is 5.16. The van der Waals surface area contributed by atoms with Gasteiger partial charge in [0.25, 0.3) is 0 Å². The molecule has 0 spiro atoms. The summed E-state index contributed by atoms with van der Waals surface area (Å²) in [6.45, 7) is 6.86. The molecule has 3 rings (SSSR count). The van der Waals surface area contributed by atoms with Crippen LogP contribution in [0, 0.1) is 0 Å². The fourth-order valence-electron chi connectivity index (χ4n) is 3.34. The summed E-state index contributed by atoms with van der Waals surface area (Å²) in [5, 5.41) is 2.49. The van der Waals surface area contributed by atoms with Gasteiger partial charge in [-0.15, -0.1) is 0 Å². The summed E-state index contributed by atoms with van der Waals surface area (Å²) in [4.78, 5) is 0. The van der Waals surface area contributed by atoms with E-state index in [1.807, 2.05) is 30.3 Å². The van der Waals surface area contributed by atoms with Gasteiger partial charge in [-0.25, -0.2) is 0 Å². The summed E-state index contributed by atoms with van der Waals surface area (Å²) < 4.78 is 8.04. The SMILES string of the molecule is CC(C)(C)[Si](Oc1ccccc1)(c1ccccc1)c1ccccc1Br. The molecule has 0 radical (unpaired) electrons. The first-order valence-electron chi connectivity index (χ1n) is 8.50. The van der Waals surface area contributed by atoms with E-state index in [0.717, 1.165) is 10.2 Å². The Hall–Kier alpha value is -1.84. The van der Waals surface area contributed by atoms with Crippen LogP contribution in [0.5, 0.6) is 5.75 Å². The van der Waals surface area contributed by atoms with Crippen LogP contribution in [0.25, 0.3) is 0 Å². The zero-order valence-corrected chi connectivity index (χ0v) is 17.5. The van der Waals surface area contributed by atoms with Crippen molar-refractivity contribution in [1.29, 1.82) is 0 Å². The van der Waals surface area contributed by atoms with E-state index < -0.39 is 8.32 Å². The second-order valence-corrected chi connectivity index (χ2v) is 12.2. The van der Waals surface area contributed by atoms with Crippen molar-refractivity contribution >= 4 is 34.6 Å². The summed E-state index contributed by atoms with van der Waals surface area (Å²) in [7, 11) is -2.58. The second kappa shape index (κ2) is 7.18. The molecular formula is C22H23BrOSi. The summed E-state index contributed by atoms with van der Waals surface area (Å²) in [5.41, 5.74) is 0. The molecular weight excluding hydrogens is 388 g/mol. The highest BCUT2D eigenvalue weighted by Crippen LogP contribution is 2.38. The van der Waals surface area contributed by atoms with E-state index in [1.165, 1.54) is 10.4 Å². The first-order chi connectivity index (χ1) is 11.9. The summed E-state index contributed by atoms with van der Waals surface area (Å²) >= 11 is 3.79. The van der Waals surface area contributed by atoms with Gasteiger partial charge in [0.2, 0.25) is 0 Å². The molecule has 1 unspecified atom stereocenters. The highest BCUT2D eigenvalue weighted by Gasteiger charge is 2.53. The van der Waals surface area contributed by atoms with Crippen LogP contribution in [0.3, 0.4) is 0 Å². The van der Waals surface area contributed by atoms with Crippen LogP contribution < -0.4 is 14.8 Å². The highest BCUT2D eigenvalue weighted by atomic mass is 79.9. The first kappa shape index (κ1) is 18.0. The first-order valence-corrected chi connectivity index (χ1v) is 11.2. The predicted octanol–water partition coefficient (Wildman–Crippen LogP) is 5.39. The van der Waals surface area contributed by atoms with Crippen molar-refractivity contribution in [2.24, 2.45) is 0 Å². The lowest BCUT2D eigenvalue weighted by Gasteiger charge is -2.43. The number of halogens is 1. The number of hydrogen-bond donors (Lipinski definition) is 0. The van der Waals surface area contributed by atoms with Crippen LogP contribution in [0.1, 0.15) is 20.8 Å². The van der Waals surface area contributed by atoms with Crippen LogP contribution in [0.4, 0.5) is 0 Å². The van der Waals surface area contributed by atoms with E-state index in [0.29, 0.717) is 0 Å². The third kappa shape index (κ3) is 3.44. The van der Waals surface area contributed by atoms with E-state index in [1.54, 1.807) is 0 Å². The van der Waals surface area contributed by atoms with Gasteiger partial charge in [0, 0.05) is 4.47 Å². The average molecular weight is 411 g/mol. The van der Waals surface area contributed by atoms with Crippen LogP contribution in [0.2, 0.25) is 5.04 Å². The van der Waals surface area contributed by atoms with Crippen molar-refractivity contribution in [3.8, 4) is 5.75 Å². The lowest BCUT2D eigenvalue weighted by molar-refractivity contribution is 0.508. The summed E-state index contributed by atoms with van der Waals surface area (Å²) in [6.07, 6.45) is 0. The Morgan fingerprint density at radius 1 is 0.720 bits per heavy atom. The van der Waals surface area contributed by atoms with Crippen LogP contribution >= 0.6 is 15.9 Å². The normalized spacial score (nSPS) is 13.9. The Labute approximate surface area is 159 Å². The molecule has 0 bridgehead atoms. The van der Waals surface area contributed by atoms with Gasteiger partial charge in [0.05, 0.1) is 0 Å². The second-order valence-electron chi connectivity index (χ2n) is 7.19. The molecule has 25 heavy (non-hydrogen) atoms. The Morgan fingerprint density at radius 2 is 1.24 bits per heavy atom. The molecule has 0 aliphatic carbocycles. The largest absolute Gasteiger partial charge is 0.534 e. The Morgan fingerprint density at radius 3 is 1.80 bits per heavy atom. The topological polar surface area (TPSA) is 9.23 Å². The lowest BCUT2D eigenvalue weighted by atomic mass is 10.2. The molecule has 0 aliphatic heterocycles. The minimum Gasteiger partial charge on any atom is -0.534 e. The quantitative estimate of drug-likeness (QED) is 0.523. The maximum atomic E-state index is 6.93. The van der Waals surface area contributed by atoms with Crippen LogP contribution in [0.15, 0.2) is 89.4 Å². The number of benzene rings is 3. The van der Waals surface area contributed by atoms with E-state index in [2.05, 4.69) is 91.3 Å². The van der Waals surface area contributed by atoms with Crippen molar-refractivity contribution in [1.82, 2.24) is 0 Å². The smallest absolute Gasteiger partial charge is 0.321 e. The van der Waals surface area contributed by atoms with Gasteiger partial charge in [-0.3, -0.25) is 0 Å². The zero-order chi connectivity index (χ0) is 17.9. The highest BCUT2D eigenvalue weighted by molar-refractivity contribution is 9.10. The van der Waals surface area contributed by atoms with Gasteiger partial charge >= 0.3 is 8.32 Å². The molecule has 128 valence electrons. The van der Waals surface area contributed by atoms with Gasteiger partial charge in [-0.05, 0) is 33.6 Å². The molecule has 1 nitrogen and oxygen atoms in total. The van der Waals surface area contributed by atoms with Crippen molar-refractivity contribution in [3.63, 3.8) is 0 Å². The standard InChI is InChI=1S/C22H23BrOSi/c1-22(2,3)25(19-14-8-5-9-15-19,21-17-11-10-16-20(21)23)24-18-12-6-4-7-13-18/h4-17H,1-3H3. The molecule has 0 saturated heterocycles. The molecule has 0 amide bonds. The lowest BCUT2D eigenvalue weighted by Crippen LogP contribution is -2.69. The zero-order valence-electron chi connectivity index (χ0n) is 14.9. The van der Waals surface area contributed by atoms with Crippen molar-refractivity contribution in [2.45, 2.75) is 25.8 Å². The van der Waals surface area contributed by atoms with E-state index in [-0.39, 0.29) is 5.04 Å². The molecule has 3 heteroatoms. The third-order valence-electron chi connectivity index (χ3n) is 4.50. The van der Waals surface area contributed by atoms with Gasteiger partial charge in [0.15, 0.2) is 0 Å². The fraction of sp³-hybridized carbons (Fsp3) is 0.182. The average Bonchev–Trinajstić information content (AvgIpc) is 2.61. The third-order valence-corrected chi connectivity index (χ3v) is 10.6. The molecule has 0 fully saturated rings. The fourth-order valence-corrected chi connectivity index (χ4v) is 8.89. The minimum absolute atomic E-state index is 0.0476. The van der Waals surface area contributed by atoms with Gasteiger partial charge < -0.3 is 4.43 Å². The van der Waals surface area contributed by atoms with Crippen LogP contribution in [-0.2, 0) is 0 Å². The molecule has 0 saturated carbocycles. The molecule has 3 aromatic carbocycles.